The number of aliphatic hydroxyl groups excluding tert-OH is 8. The Morgan fingerprint density at radius 2 is 0.663 bits per heavy atom. The summed E-state index contributed by atoms with van der Waals surface area (Å²) in [6.07, 6.45) is 87.4. The Morgan fingerprint density at radius 3 is 1.02 bits per heavy atom. The summed E-state index contributed by atoms with van der Waals surface area (Å²) in [5.41, 5.74) is 0. The Kier molecular flexibility index (Phi) is 67.8. The molecule has 0 saturated carbocycles. The third kappa shape index (κ3) is 54.5. The molecule has 0 spiro atoms. The van der Waals surface area contributed by atoms with E-state index in [2.05, 4.69) is 116 Å². The number of carbonyl (C=O) groups excluding carboxylic acids is 1. The van der Waals surface area contributed by atoms with Gasteiger partial charge in [-0.15, -0.1) is 0 Å². The Balaban J connectivity index is 1.57. The number of rotatable bonds is 73. The summed E-state index contributed by atoms with van der Waals surface area (Å²) >= 11 is 0. The van der Waals surface area contributed by atoms with Crippen LogP contribution in [0.4, 0.5) is 0 Å². The van der Waals surface area contributed by atoms with Crippen LogP contribution in [0, 0.1) is 0 Å². The van der Waals surface area contributed by atoms with Gasteiger partial charge in [0.2, 0.25) is 5.91 Å². The van der Waals surface area contributed by atoms with E-state index in [9.17, 15) is 45.6 Å². The van der Waals surface area contributed by atoms with Crippen LogP contribution in [0.1, 0.15) is 373 Å². The van der Waals surface area contributed by atoms with Crippen molar-refractivity contribution in [3.8, 4) is 0 Å². The maximum atomic E-state index is 13.4. The molecule has 2 aliphatic rings. The van der Waals surface area contributed by atoms with E-state index in [0.717, 1.165) is 103 Å². The van der Waals surface area contributed by atoms with Gasteiger partial charge in [0.15, 0.2) is 12.6 Å². The lowest BCUT2D eigenvalue weighted by Crippen LogP contribution is -2.65. The molecule has 14 nitrogen and oxygen atoms in total. The van der Waals surface area contributed by atoms with Crippen LogP contribution in [0.2, 0.25) is 0 Å². The third-order valence-corrected chi connectivity index (χ3v) is 20.8. The quantitative estimate of drug-likeness (QED) is 0.0204. The van der Waals surface area contributed by atoms with Gasteiger partial charge in [0, 0.05) is 6.42 Å². The van der Waals surface area contributed by atoms with Gasteiger partial charge in [-0.25, -0.2) is 0 Å². The highest BCUT2D eigenvalue weighted by Crippen LogP contribution is 2.31. The maximum absolute atomic E-state index is 13.4. The maximum Gasteiger partial charge on any atom is 0.220 e. The minimum atomic E-state index is -1.79. The van der Waals surface area contributed by atoms with E-state index in [-0.39, 0.29) is 12.5 Å². The van der Waals surface area contributed by atoms with Crippen molar-refractivity contribution in [3.63, 3.8) is 0 Å². The second-order valence-electron chi connectivity index (χ2n) is 30.3. The van der Waals surface area contributed by atoms with E-state index in [0.29, 0.717) is 12.8 Å². The normalized spacial score (nSPS) is 21.9. The highest BCUT2D eigenvalue weighted by Gasteiger charge is 2.51. The number of hydrogen-bond acceptors (Lipinski definition) is 13. The molecular formula is C90H161NO13. The molecule has 2 saturated heterocycles. The summed E-state index contributed by atoms with van der Waals surface area (Å²) in [4.78, 5) is 13.4. The fourth-order valence-electron chi connectivity index (χ4n) is 14.0. The zero-order valence-corrected chi connectivity index (χ0v) is 66.5. The standard InChI is InChI=1S/C90H161NO13/c1-3-5-7-9-11-13-15-17-19-21-23-25-27-29-31-33-34-35-36-37-38-39-40-41-42-43-44-46-48-50-52-54-56-58-60-62-64-66-68-70-72-74-82(95)91-78(77-101-89-87(100)85(98)88(81(76-93)103-89)104-90-86(99)84(97)83(96)80(75-92)102-90)79(94)73-71-69-67-65-63-61-59-57-55-53-51-49-47-45-32-30-28-26-24-22-20-18-16-14-12-10-8-6-4-2/h5,7,11,13,17,19,23,25,29,31,34-35,37-38,40-41,78-81,83-90,92-94,96-100H,3-4,6,8-10,12,14-16,18,20-22,24,26-28,30,32-33,36,39,42-77H2,1-2H3,(H,91,95)/b7-5-,13-11-,19-17-,25-23-,31-29-,35-34-,38-37-,41-40-. The molecule has 12 unspecified atom stereocenters. The van der Waals surface area contributed by atoms with Crippen LogP contribution in [0.25, 0.3) is 0 Å². The SMILES string of the molecule is CC/C=C\C/C=C\C/C=C\C/C=C\C/C=C\C/C=C\C/C=C\C/C=C\CCCCCCCCCCCCCCCCCCC(=O)NC(COC1OC(CO)C(OC2OC(CO)C(O)C(O)C2O)C(O)C1O)C(O)CCCCCCCCCCCCCCCCCCCCCCCCCCCCCCC. The smallest absolute Gasteiger partial charge is 0.220 e. The van der Waals surface area contributed by atoms with E-state index in [1.165, 1.54) is 244 Å². The molecule has 0 aromatic carbocycles. The van der Waals surface area contributed by atoms with Crippen LogP contribution in [-0.2, 0) is 23.7 Å². The van der Waals surface area contributed by atoms with Crippen LogP contribution >= 0.6 is 0 Å². The molecule has 604 valence electrons. The molecule has 2 aliphatic heterocycles. The minimum absolute atomic E-state index is 0.203. The number of aliphatic hydroxyl groups is 8. The molecule has 14 heteroatoms. The Labute approximate surface area is 636 Å². The fraction of sp³-hybridized carbons (Fsp3) is 0.811. The zero-order valence-electron chi connectivity index (χ0n) is 66.5. The molecule has 0 radical (unpaired) electrons. The summed E-state index contributed by atoms with van der Waals surface area (Å²) in [5, 5.41) is 88.0. The number of hydrogen-bond donors (Lipinski definition) is 9. The van der Waals surface area contributed by atoms with E-state index in [4.69, 9.17) is 18.9 Å². The van der Waals surface area contributed by atoms with Crippen molar-refractivity contribution in [2.75, 3.05) is 19.8 Å². The minimum Gasteiger partial charge on any atom is -0.394 e. The Bertz CT molecular complexity index is 2120. The first-order chi connectivity index (χ1) is 51.1. The van der Waals surface area contributed by atoms with Crippen LogP contribution in [-0.4, -0.2) is 140 Å². The van der Waals surface area contributed by atoms with Crippen molar-refractivity contribution >= 4 is 5.91 Å². The van der Waals surface area contributed by atoms with Gasteiger partial charge in [0.25, 0.3) is 0 Å². The number of nitrogens with one attached hydrogen (secondary N) is 1. The van der Waals surface area contributed by atoms with Crippen LogP contribution in [0.3, 0.4) is 0 Å². The van der Waals surface area contributed by atoms with Crippen LogP contribution in [0.15, 0.2) is 97.2 Å². The summed E-state index contributed by atoms with van der Waals surface area (Å²) in [7, 11) is 0. The van der Waals surface area contributed by atoms with E-state index in [1.807, 2.05) is 0 Å². The van der Waals surface area contributed by atoms with E-state index < -0.39 is 86.8 Å². The molecule has 2 heterocycles. The van der Waals surface area contributed by atoms with Gasteiger partial charge in [0.1, 0.15) is 48.8 Å². The average Bonchev–Trinajstić information content (AvgIpc) is 0.789. The zero-order chi connectivity index (χ0) is 75.1. The van der Waals surface area contributed by atoms with Gasteiger partial charge in [-0.2, -0.15) is 0 Å². The number of unbranched alkanes of at least 4 members (excludes halogenated alkanes) is 44. The predicted molar refractivity (Wildman–Crippen MR) is 433 cm³/mol. The van der Waals surface area contributed by atoms with E-state index in [1.54, 1.807) is 0 Å². The second-order valence-corrected chi connectivity index (χ2v) is 30.3. The van der Waals surface area contributed by atoms with Crippen molar-refractivity contribution in [1.29, 1.82) is 0 Å². The van der Waals surface area contributed by atoms with Crippen LogP contribution < -0.4 is 5.32 Å². The fourth-order valence-corrected chi connectivity index (χ4v) is 14.0. The van der Waals surface area contributed by atoms with Gasteiger partial charge >= 0.3 is 0 Å². The van der Waals surface area contributed by atoms with Gasteiger partial charge in [-0.05, 0) is 77.0 Å². The predicted octanol–water partition coefficient (Wildman–Crippen LogP) is 20.8. The highest BCUT2D eigenvalue weighted by molar-refractivity contribution is 5.76. The molecule has 12 atom stereocenters. The Morgan fingerprint density at radius 1 is 0.356 bits per heavy atom. The molecule has 0 aromatic heterocycles. The van der Waals surface area contributed by atoms with Gasteiger partial charge in [-0.3, -0.25) is 4.79 Å². The molecular weight excluding hydrogens is 1300 g/mol. The molecule has 0 bridgehead atoms. The van der Waals surface area contributed by atoms with Crippen molar-refractivity contribution in [3.05, 3.63) is 97.2 Å². The lowest BCUT2D eigenvalue weighted by Gasteiger charge is -2.46. The average molecular weight is 1470 g/mol. The Hall–Kier alpha value is -3.09. The van der Waals surface area contributed by atoms with Crippen molar-refractivity contribution in [2.45, 2.75) is 447 Å². The van der Waals surface area contributed by atoms with Crippen LogP contribution in [0.5, 0.6) is 0 Å². The first kappa shape index (κ1) is 97.0. The van der Waals surface area contributed by atoms with Gasteiger partial charge in [-0.1, -0.05) is 387 Å². The second kappa shape index (κ2) is 72.8. The number of carbonyl (C=O) groups is 1. The molecule has 2 rings (SSSR count). The summed E-state index contributed by atoms with van der Waals surface area (Å²) in [6, 6.07) is -0.835. The van der Waals surface area contributed by atoms with Crippen molar-refractivity contribution < 1.29 is 64.6 Å². The van der Waals surface area contributed by atoms with Crippen molar-refractivity contribution in [1.82, 2.24) is 5.32 Å². The first-order valence-electron chi connectivity index (χ1n) is 43.5. The summed E-state index contributed by atoms with van der Waals surface area (Å²) < 4.78 is 23.0. The third-order valence-electron chi connectivity index (χ3n) is 20.8. The monoisotopic (exact) mass is 1460 g/mol. The van der Waals surface area contributed by atoms with E-state index >= 15 is 0 Å². The number of allylic oxidation sites excluding steroid dienone is 16. The number of ether oxygens (including phenoxy) is 4. The number of amides is 1. The molecule has 104 heavy (non-hydrogen) atoms. The molecule has 1 amide bonds. The molecule has 0 aliphatic carbocycles. The van der Waals surface area contributed by atoms with Gasteiger partial charge < -0.3 is 65.1 Å². The largest absolute Gasteiger partial charge is 0.394 e. The lowest BCUT2D eigenvalue weighted by molar-refractivity contribution is -0.359. The summed E-state index contributed by atoms with van der Waals surface area (Å²) in [5.74, 6) is -0.203. The van der Waals surface area contributed by atoms with Gasteiger partial charge in [0.05, 0.1) is 32.0 Å². The highest BCUT2D eigenvalue weighted by atomic mass is 16.7. The first-order valence-corrected chi connectivity index (χ1v) is 43.5. The molecule has 0 aromatic rings. The topological polar surface area (TPSA) is 228 Å². The van der Waals surface area contributed by atoms with Crippen molar-refractivity contribution in [2.24, 2.45) is 0 Å². The summed E-state index contributed by atoms with van der Waals surface area (Å²) in [6.45, 7) is 2.80. The molecule has 9 N–H and O–H groups in total. The lowest BCUT2D eigenvalue weighted by atomic mass is 9.97. The molecule has 2 fully saturated rings.